The zero-order valence-corrected chi connectivity index (χ0v) is 12.5. The minimum absolute atomic E-state index is 0.241. The van der Waals surface area contributed by atoms with Crippen LogP contribution >= 0.6 is 0 Å². The first-order valence-corrected chi connectivity index (χ1v) is 7.88. The number of carbonyl (C=O) groups excluding carboxylic acids is 1. The van der Waals surface area contributed by atoms with Gasteiger partial charge >= 0.3 is 0 Å². The minimum Gasteiger partial charge on any atom is -0.353 e. The maximum atomic E-state index is 11.7. The van der Waals surface area contributed by atoms with Crippen LogP contribution in [0.3, 0.4) is 0 Å². The molecule has 0 aromatic heterocycles. The molecule has 4 nitrogen and oxygen atoms in total. The number of hydrogen-bond donors (Lipinski definition) is 2. The number of carbonyl (C=O) groups is 1. The average Bonchev–Trinajstić information content (AvgIpc) is 3.18. The topological polar surface area (TPSA) is 44.4 Å². The van der Waals surface area contributed by atoms with E-state index in [1.54, 1.807) is 0 Å². The predicted molar refractivity (Wildman–Crippen MR) is 78.1 cm³/mol. The largest absolute Gasteiger partial charge is 0.353 e. The SMILES string of the molecule is CC(C)NCC1CCCN(CCC(=O)NC2CC2)C1. The Bertz CT molecular complexity index is 289. The monoisotopic (exact) mass is 267 g/mol. The van der Waals surface area contributed by atoms with Crippen LogP contribution in [0.25, 0.3) is 0 Å². The van der Waals surface area contributed by atoms with Crippen LogP contribution in [-0.2, 0) is 4.79 Å². The predicted octanol–water partition coefficient (Wildman–Crippen LogP) is 1.37. The van der Waals surface area contributed by atoms with E-state index in [4.69, 9.17) is 0 Å². The highest BCUT2D eigenvalue weighted by Crippen LogP contribution is 2.19. The fourth-order valence-corrected chi connectivity index (χ4v) is 2.71. The van der Waals surface area contributed by atoms with Gasteiger partial charge in [-0.05, 0) is 44.7 Å². The van der Waals surface area contributed by atoms with Crippen molar-refractivity contribution in [2.45, 2.75) is 58.0 Å². The van der Waals surface area contributed by atoms with Gasteiger partial charge in [-0.25, -0.2) is 0 Å². The normalized spacial score (nSPS) is 24.7. The summed E-state index contributed by atoms with van der Waals surface area (Å²) in [6, 6.07) is 1.07. The molecule has 19 heavy (non-hydrogen) atoms. The van der Waals surface area contributed by atoms with E-state index in [1.807, 2.05) is 0 Å². The van der Waals surface area contributed by atoms with Gasteiger partial charge in [0.25, 0.3) is 0 Å². The Balaban J connectivity index is 1.61. The van der Waals surface area contributed by atoms with E-state index >= 15 is 0 Å². The van der Waals surface area contributed by atoms with Gasteiger partial charge in [-0.3, -0.25) is 4.79 Å². The molecule has 1 aliphatic carbocycles. The molecule has 2 fully saturated rings. The first-order chi connectivity index (χ1) is 9.13. The Labute approximate surface area is 117 Å². The highest BCUT2D eigenvalue weighted by molar-refractivity contribution is 5.76. The summed E-state index contributed by atoms with van der Waals surface area (Å²) in [6.45, 7) is 8.75. The molecule has 0 radical (unpaired) electrons. The molecule has 2 rings (SSSR count). The maximum absolute atomic E-state index is 11.7. The van der Waals surface area contributed by atoms with Crippen LogP contribution in [0.1, 0.15) is 46.0 Å². The van der Waals surface area contributed by atoms with Crippen LogP contribution in [0.2, 0.25) is 0 Å². The van der Waals surface area contributed by atoms with Crippen LogP contribution in [0.15, 0.2) is 0 Å². The second kappa shape index (κ2) is 7.25. The Morgan fingerprint density at radius 1 is 1.32 bits per heavy atom. The summed E-state index contributed by atoms with van der Waals surface area (Å²) in [4.78, 5) is 14.1. The zero-order valence-electron chi connectivity index (χ0n) is 12.5. The first kappa shape index (κ1) is 14.8. The number of rotatable bonds is 7. The Morgan fingerprint density at radius 3 is 2.79 bits per heavy atom. The van der Waals surface area contributed by atoms with Gasteiger partial charge in [-0.2, -0.15) is 0 Å². The highest BCUT2D eigenvalue weighted by atomic mass is 16.1. The number of hydrogen-bond acceptors (Lipinski definition) is 3. The molecular formula is C15H29N3O. The lowest BCUT2D eigenvalue weighted by atomic mass is 9.97. The molecule has 0 aromatic carbocycles. The van der Waals surface area contributed by atoms with E-state index in [9.17, 15) is 4.79 Å². The summed E-state index contributed by atoms with van der Waals surface area (Å²) in [6.07, 6.45) is 5.62. The van der Waals surface area contributed by atoms with Gasteiger partial charge in [0, 0.05) is 31.6 Å². The molecule has 1 aliphatic heterocycles. The van der Waals surface area contributed by atoms with Crippen LogP contribution in [0, 0.1) is 5.92 Å². The van der Waals surface area contributed by atoms with Gasteiger partial charge in [0.05, 0.1) is 0 Å². The lowest BCUT2D eigenvalue weighted by Gasteiger charge is -2.33. The lowest BCUT2D eigenvalue weighted by molar-refractivity contribution is -0.121. The third kappa shape index (κ3) is 5.91. The van der Waals surface area contributed by atoms with Crippen molar-refractivity contribution < 1.29 is 4.79 Å². The van der Waals surface area contributed by atoms with Crippen molar-refractivity contribution in [2.24, 2.45) is 5.92 Å². The van der Waals surface area contributed by atoms with Crippen molar-refractivity contribution >= 4 is 5.91 Å². The molecule has 1 amide bonds. The second-order valence-corrected chi connectivity index (χ2v) is 6.46. The molecule has 2 N–H and O–H groups in total. The number of piperidine rings is 1. The van der Waals surface area contributed by atoms with Gasteiger partial charge in [-0.1, -0.05) is 13.8 Å². The van der Waals surface area contributed by atoms with E-state index in [1.165, 1.54) is 25.7 Å². The van der Waals surface area contributed by atoms with E-state index in [0.717, 1.165) is 32.1 Å². The summed E-state index contributed by atoms with van der Waals surface area (Å²) in [5.41, 5.74) is 0. The Hall–Kier alpha value is -0.610. The van der Waals surface area contributed by atoms with Gasteiger partial charge in [0.2, 0.25) is 5.91 Å². The van der Waals surface area contributed by atoms with Crippen molar-refractivity contribution in [1.29, 1.82) is 0 Å². The van der Waals surface area contributed by atoms with Crippen LogP contribution in [0.5, 0.6) is 0 Å². The molecule has 1 unspecified atom stereocenters. The Kier molecular flexibility index (Phi) is 5.64. The third-order valence-electron chi connectivity index (χ3n) is 4.02. The van der Waals surface area contributed by atoms with Crippen molar-refractivity contribution in [1.82, 2.24) is 15.5 Å². The third-order valence-corrected chi connectivity index (χ3v) is 4.02. The average molecular weight is 267 g/mol. The van der Waals surface area contributed by atoms with E-state index < -0.39 is 0 Å². The van der Waals surface area contributed by atoms with E-state index in [-0.39, 0.29) is 5.91 Å². The molecular weight excluding hydrogens is 238 g/mol. The number of nitrogens with zero attached hydrogens (tertiary/aromatic N) is 1. The summed E-state index contributed by atoms with van der Waals surface area (Å²) in [5, 5.41) is 6.60. The number of likely N-dealkylation sites (tertiary alicyclic amines) is 1. The van der Waals surface area contributed by atoms with E-state index in [2.05, 4.69) is 29.4 Å². The smallest absolute Gasteiger partial charge is 0.221 e. The molecule has 1 heterocycles. The highest BCUT2D eigenvalue weighted by Gasteiger charge is 2.24. The maximum Gasteiger partial charge on any atom is 0.221 e. The van der Waals surface area contributed by atoms with Crippen LogP contribution in [-0.4, -0.2) is 49.1 Å². The summed E-state index contributed by atoms with van der Waals surface area (Å²) in [7, 11) is 0. The second-order valence-electron chi connectivity index (χ2n) is 6.46. The zero-order chi connectivity index (χ0) is 13.7. The molecule has 1 saturated heterocycles. The molecule has 0 bridgehead atoms. The fraction of sp³-hybridized carbons (Fsp3) is 0.933. The van der Waals surface area contributed by atoms with Crippen LogP contribution in [0.4, 0.5) is 0 Å². The standard InChI is InChI=1S/C15H29N3O/c1-12(2)16-10-13-4-3-8-18(11-13)9-7-15(19)17-14-5-6-14/h12-14,16H,3-11H2,1-2H3,(H,17,19). The summed E-state index contributed by atoms with van der Waals surface area (Å²) < 4.78 is 0. The summed E-state index contributed by atoms with van der Waals surface area (Å²) in [5.74, 6) is 0.993. The molecule has 0 spiro atoms. The molecule has 4 heteroatoms. The molecule has 2 aliphatic rings. The minimum atomic E-state index is 0.241. The van der Waals surface area contributed by atoms with Gasteiger partial charge in [0.1, 0.15) is 0 Å². The van der Waals surface area contributed by atoms with Crippen LogP contribution < -0.4 is 10.6 Å². The number of nitrogens with one attached hydrogen (secondary N) is 2. The van der Waals surface area contributed by atoms with Gasteiger partial charge in [0.15, 0.2) is 0 Å². The molecule has 0 aromatic rings. The summed E-state index contributed by atoms with van der Waals surface area (Å²) >= 11 is 0. The van der Waals surface area contributed by atoms with Gasteiger partial charge in [-0.15, -0.1) is 0 Å². The Morgan fingerprint density at radius 2 is 2.11 bits per heavy atom. The lowest BCUT2D eigenvalue weighted by Crippen LogP contribution is -2.42. The first-order valence-electron chi connectivity index (χ1n) is 7.88. The van der Waals surface area contributed by atoms with Crippen molar-refractivity contribution in [3.05, 3.63) is 0 Å². The van der Waals surface area contributed by atoms with Gasteiger partial charge < -0.3 is 15.5 Å². The number of amides is 1. The molecule has 1 saturated carbocycles. The quantitative estimate of drug-likeness (QED) is 0.732. The van der Waals surface area contributed by atoms with Crippen molar-refractivity contribution in [3.8, 4) is 0 Å². The molecule has 110 valence electrons. The van der Waals surface area contributed by atoms with E-state index in [0.29, 0.717) is 18.5 Å². The van der Waals surface area contributed by atoms with Crippen molar-refractivity contribution in [2.75, 3.05) is 26.2 Å². The fourth-order valence-electron chi connectivity index (χ4n) is 2.71. The molecule has 1 atom stereocenters. The van der Waals surface area contributed by atoms with Crippen molar-refractivity contribution in [3.63, 3.8) is 0 Å².